The second kappa shape index (κ2) is 11.7. The van der Waals surface area contributed by atoms with Crippen LogP contribution in [0.5, 0.6) is 17.6 Å². The maximum Gasteiger partial charge on any atom is 0.319 e. The van der Waals surface area contributed by atoms with Crippen LogP contribution in [0.2, 0.25) is 0 Å². The summed E-state index contributed by atoms with van der Waals surface area (Å²) in [6.07, 6.45) is 8.64. The van der Waals surface area contributed by atoms with E-state index in [2.05, 4.69) is 37.9 Å². The first-order chi connectivity index (χ1) is 22.9. The van der Waals surface area contributed by atoms with Gasteiger partial charge < -0.3 is 29.5 Å². The fourth-order valence-electron chi connectivity index (χ4n) is 7.33. The van der Waals surface area contributed by atoms with Crippen molar-refractivity contribution in [3.05, 3.63) is 41.5 Å². The lowest BCUT2D eigenvalue weighted by Gasteiger charge is -2.41. The summed E-state index contributed by atoms with van der Waals surface area (Å²) in [6, 6.07) is 5.60. The molecule has 0 radical (unpaired) electrons. The van der Waals surface area contributed by atoms with Gasteiger partial charge in [-0.05, 0) is 42.8 Å². The molecule has 4 aliphatic rings. The van der Waals surface area contributed by atoms with Crippen molar-refractivity contribution in [2.45, 2.75) is 38.3 Å². The van der Waals surface area contributed by atoms with Crippen molar-refractivity contribution in [3.8, 4) is 41.2 Å². The minimum absolute atomic E-state index is 0.0128. The number of halogens is 2. The molecule has 5 heterocycles. The molecule has 0 unspecified atom stereocenters. The molecule has 2 N–H and O–H groups in total. The number of morpholine rings is 1. The average Bonchev–Trinajstić information content (AvgIpc) is 3.88. The highest BCUT2D eigenvalue weighted by Crippen LogP contribution is 2.47. The third-order valence-electron chi connectivity index (χ3n) is 10.0. The molecule has 2 atom stereocenters. The number of nitrogens with one attached hydrogen (secondary N) is 1. The second-order valence-electron chi connectivity index (χ2n) is 13.0. The highest BCUT2D eigenvalue weighted by Gasteiger charge is 2.45. The summed E-state index contributed by atoms with van der Waals surface area (Å²) >= 11 is 0. The standard InChI is InChI=1S/C35H36F2N6O4/c1-3-22-24(36)6-5-20-15-21(44)16-23(27(20)22)30-29(37)31-28-32(43-10-9-38-25(4-2)26(43)17-46-33(28)39-30)41-34(40-31)47-19-35(7-8-35)18-42-11-13-45-14-12-42/h1,5-6,15-16,25-26,38,44H,4,7-14,17-19H2,2H3/t25-,26+/m0/s1. The molecule has 1 aliphatic carbocycles. The van der Waals surface area contributed by atoms with E-state index in [4.69, 9.17) is 25.6 Å². The lowest BCUT2D eigenvalue weighted by atomic mass is 9.95. The minimum Gasteiger partial charge on any atom is -0.508 e. The van der Waals surface area contributed by atoms with Crippen LogP contribution in [-0.2, 0) is 4.74 Å². The maximum atomic E-state index is 17.0. The number of benzene rings is 2. The highest BCUT2D eigenvalue weighted by molar-refractivity contribution is 6.04. The van der Waals surface area contributed by atoms with Crippen LogP contribution in [-0.4, -0.2) is 96.2 Å². The molecule has 10 nitrogen and oxygen atoms in total. The van der Waals surface area contributed by atoms with Gasteiger partial charge in [0.25, 0.3) is 0 Å². The Morgan fingerprint density at radius 3 is 2.72 bits per heavy atom. The topological polar surface area (TPSA) is 105 Å². The number of pyridine rings is 1. The van der Waals surface area contributed by atoms with E-state index in [1.54, 1.807) is 0 Å². The normalized spacial score (nSPS) is 22.0. The zero-order valence-corrected chi connectivity index (χ0v) is 26.2. The first-order valence-electron chi connectivity index (χ1n) is 16.3. The largest absolute Gasteiger partial charge is 0.508 e. The van der Waals surface area contributed by atoms with Crippen LogP contribution < -0.4 is 19.7 Å². The smallest absolute Gasteiger partial charge is 0.319 e. The van der Waals surface area contributed by atoms with Crippen molar-refractivity contribution >= 4 is 27.5 Å². The highest BCUT2D eigenvalue weighted by atomic mass is 19.1. The summed E-state index contributed by atoms with van der Waals surface area (Å²) in [5.74, 6) is 1.51. The summed E-state index contributed by atoms with van der Waals surface area (Å²) < 4.78 is 50.2. The van der Waals surface area contributed by atoms with Crippen molar-refractivity contribution in [1.82, 2.24) is 25.2 Å². The molecule has 2 saturated heterocycles. The van der Waals surface area contributed by atoms with E-state index < -0.39 is 11.6 Å². The van der Waals surface area contributed by atoms with E-state index in [9.17, 15) is 9.50 Å². The van der Waals surface area contributed by atoms with Gasteiger partial charge in [0.05, 0.1) is 31.4 Å². The molecule has 2 aromatic carbocycles. The van der Waals surface area contributed by atoms with E-state index in [0.717, 1.165) is 58.7 Å². The van der Waals surface area contributed by atoms with Gasteiger partial charge in [-0.25, -0.2) is 13.8 Å². The molecule has 3 fully saturated rings. The fraction of sp³-hybridized carbons (Fsp3) is 0.457. The third-order valence-corrected chi connectivity index (χ3v) is 10.0. The van der Waals surface area contributed by atoms with Crippen LogP contribution in [0.3, 0.4) is 0 Å². The van der Waals surface area contributed by atoms with E-state index in [0.29, 0.717) is 29.7 Å². The average molecular weight is 643 g/mol. The van der Waals surface area contributed by atoms with Gasteiger partial charge in [0.15, 0.2) is 5.82 Å². The number of aromatic nitrogens is 3. The van der Waals surface area contributed by atoms with Crippen LogP contribution in [0.25, 0.3) is 32.9 Å². The number of nitrogens with zero attached hydrogens (tertiary/aromatic N) is 5. The molecule has 0 bridgehead atoms. The predicted octanol–water partition coefficient (Wildman–Crippen LogP) is 4.25. The Hall–Kier alpha value is -4.31. The Morgan fingerprint density at radius 2 is 1.96 bits per heavy atom. The number of ether oxygens (including phenoxy) is 3. The Labute approximate surface area is 271 Å². The van der Waals surface area contributed by atoms with Gasteiger partial charge in [-0.15, -0.1) is 6.42 Å². The van der Waals surface area contributed by atoms with Crippen LogP contribution in [0.1, 0.15) is 31.7 Å². The maximum absolute atomic E-state index is 17.0. The van der Waals surface area contributed by atoms with E-state index >= 15 is 4.39 Å². The van der Waals surface area contributed by atoms with Gasteiger partial charge in [-0.3, -0.25) is 4.90 Å². The van der Waals surface area contributed by atoms with Gasteiger partial charge in [0, 0.05) is 55.1 Å². The van der Waals surface area contributed by atoms with E-state index in [1.165, 1.54) is 24.3 Å². The Kier molecular flexibility index (Phi) is 7.50. The number of anilines is 1. The molecule has 4 aromatic rings. The molecule has 47 heavy (non-hydrogen) atoms. The van der Waals surface area contributed by atoms with Gasteiger partial charge in [-0.1, -0.05) is 18.9 Å². The van der Waals surface area contributed by atoms with Gasteiger partial charge >= 0.3 is 6.01 Å². The summed E-state index contributed by atoms with van der Waals surface area (Å²) in [7, 11) is 0. The number of fused-ring (bicyclic) bond motifs is 3. The Morgan fingerprint density at radius 1 is 1.13 bits per heavy atom. The number of rotatable bonds is 7. The molecule has 3 aliphatic heterocycles. The number of phenolic OH excluding ortho intramolecular Hbond substituents is 1. The van der Waals surface area contributed by atoms with Crippen molar-refractivity contribution < 1.29 is 28.1 Å². The number of hydrogen-bond acceptors (Lipinski definition) is 10. The SMILES string of the molecule is C#Cc1c(F)ccc2cc(O)cc(-c3nc4c5c(nc(OCC6(CN7CCOCC7)CC6)nc5c3F)N3CCN[C@@H](CC)[C@H]3CO4)c12. The van der Waals surface area contributed by atoms with Gasteiger partial charge in [0.2, 0.25) is 5.88 Å². The quantitative estimate of drug-likeness (QED) is 0.285. The minimum atomic E-state index is -0.768. The molecule has 0 spiro atoms. The Balaban J connectivity index is 1.28. The molecular formula is C35H36F2N6O4. The second-order valence-corrected chi connectivity index (χ2v) is 13.0. The van der Waals surface area contributed by atoms with Crippen molar-refractivity contribution in [2.75, 3.05) is 64.1 Å². The summed E-state index contributed by atoms with van der Waals surface area (Å²) in [5, 5.41) is 15.3. The predicted molar refractivity (Wildman–Crippen MR) is 173 cm³/mol. The summed E-state index contributed by atoms with van der Waals surface area (Å²) in [6.45, 7) is 8.26. The summed E-state index contributed by atoms with van der Waals surface area (Å²) in [5.41, 5.74) is -0.123. The van der Waals surface area contributed by atoms with Crippen LogP contribution in [0, 0.1) is 29.4 Å². The molecule has 1 saturated carbocycles. The molecule has 12 heteroatoms. The third kappa shape index (κ3) is 5.26. The molecule has 2 aromatic heterocycles. The van der Waals surface area contributed by atoms with Crippen LogP contribution >= 0.6 is 0 Å². The Bertz CT molecular complexity index is 1920. The number of phenols is 1. The first kappa shape index (κ1) is 30.1. The molecular weight excluding hydrogens is 606 g/mol. The van der Waals surface area contributed by atoms with Crippen LogP contribution in [0.15, 0.2) is 24.3 Å². The molecule has 8 rings (SSSR count). The van der Waals surface area contributed by atoms with E-state index in [-0.39, 0.29) is 69.5 Å². The fourth-order valence-corrected chi connectivity index (χ4v) is 7.33. The van der Waals surface area contributed by atoms with E-state index in [1.807, 2.05) is 0 Å². The number of aromatic hydroxyl groups is 1. The zero-order valence-electron chi connectivity index (χ0n) is 26.2. The van der Waals surface area contributed by atoms with Crippen LogP contribution in [0.4, 0.5) is 14.6 Å². The first-order valence-corrected chi connectivity index (χ1v) is 16.3. The number of hydrogen-bond donors (Lipinski definition) is 2. The molecule has 244 valence electrons. The zero-order chi connectivity index (χ0) is 32.3. The van der Waals surface area contributed by atoms with Gasteiger partial charge in [-0.2, -0.15) is 9.97 Å². The van der Waals surface area contributed by atoms with Crippen molar-refractivity contribution in [1.29, 1.82) is 0 Å². The monoisotopic (exact) mass is 642 g/mol. The number of piperazine rings is 1. The van der Waals surface area contributed by atoms with Crippen molar-refractivity contribution in [3.63, 3.8) is 0 Å². The van der Waals surface area contributed by atoms with Gasteiger partial charge in [0.1, 0.15) is 40.6 Å². The lowest BCUT2D eigenvalue weighted by Crippen LogP contribution is -2.60. The van der Waals surface area contributed by atoms with Crippen molar-refractivity contribution in [2.24, 2.45) is 5.41 Å². The summed E-state index contributed by atoms with van der Waals surface area (Å²) in [4.78, 5) is 18.8. The lowest BCUT2D eigenvalue weighted by molar-refractivity contribution is 0.0231. The number of terminal acetylenes is 1. The molecule has 0 amide bonds.